The summed E-state index contributed by atoms with van der Waals surface area (Å²) < 4.78 is 82.4. The molecule has 0 aliphatic carbocycles. The van der Waals surface area contributed by atoms with Gasteiger partial charge in [0.2, 0.25) is 0 Å². The largest absolute Gasteiger partial charge is 0.481 e. The van der Waals surface area contributed by atoms with Crippen LogP contribution in [-0.2, 0) is 106 Å². The van der Waals surface area contributed by atoms with Crippen LogP contribution in [0.4, 0.5) is 0 Å². The van der Waals surface area contributed by atoms with Crippen molar-refractivity contribution in [2.75, 3.05) is 159 Å². The summed E-state index contributed by atoms with van der Waals surface area (Å²) in [6.45, 7) is 19.2. The molecule has 0 aliphatic heterocycles. The zero-order valence-corrected chi connectivity index (χ0v) is 63.3. The lowest BCUT2D eigenvalue weighted by Crippen LogP contribution is -2.24. The van der Waals surface area contributed by atoms with Crippen LogP contribution in [0.15, 0.2) is 122 Å². The highest BCUT2D eigenvalue weighted by molar-refractivity contribution is 6.31. The fraction of sp³-hybridized carbons (Fsp3) is 0.500. The number of benzene rings is 4. The maximum atomic E-state index is 12.7. The molecule has 4 aromatic carbocycles. The Bertz CT molecular complexity index is 3500. The van der Waals surface area contributed by atoms with Gasteiger partial charge in [-0.2, -0.15) is 0 Å². The van der Waals surface area contributed by atoms with Crippen LogP contribution >= 0.6 is 23.2 Å². The maximum absolute atomic E-state index is 12.7. The Balaban J connectivity index is 0.000000382. The average Bonchev–Trinajstić information content (AvgIpc) is 0.866. The summed E-state index contributed by atoms with van der Waals surface area (Å²) in [6.07, 6.45) is 6.32. The highest BCUT2D eigenvalue weighted by atomic mass is 35.5. The van der Waals surface area contributed by atoms with Gasteiger partial charge in [0.25, 0.3) is 0 Å². The smallest absolute Gasteiger partial charge is 0.308 e. The lowest BCUT2D eigenvalue weighted by molar-refractivity contribution is -0.156. The molecule has 0 saturated carbocycles. The number of carbonyl (C=O) groups is 6. The first kappa shape index (κ1) is 89.1. The quantitative estimate of drug-likeness (QED) is 0.0211. The lowest BCUT2D eigenvalue weighted by atomic mass is 10.0. The number of carboxylic acids is 1. The molecule has 0 spiro atoms. The molecular weight excluding hydrogens is 1410 g/mol. The van der Waals surface area contributed by atoms with E-state index in [-0.39, 0.29) is 48.6 Å². The van der Waals surface area contributed by atoms with Gasteiger partial charge in [-0.15, -0.1) is 0 Å². The molecule has 0 unspecified atom stereocenters. The number of esters is 1. The minimum Gasteiger partial charge on any atom is -0.481 e. The predicted octanol–water partition coefficient (Wildman–Crippen LogP) is 12.7. The van der Waals surface area contributed by atoms with Gasteiger partial charge in [0.05, 0.1) is 158 Å². The summed E-state index contributed by atoms with van der Waals surface area (Å²) >= 11 is 12.2. The fourth-order valence-corrected chi connectivity index (χ4v) is 9.82. The summed E-state index contributed by atoms with van der Waals surface area (Å²) in [5.74, 6) is 1.06. The van der Waals surface area contributed by atoms with E-state index < -0.39 is 11.6 Å². The number of Topliss-reactive ketones (excluding diaryl/α,β-unsaturated/α-hetero) is 4. The van der Waals surface area contributed by atoms with Crippen molar-refractivity contribution < 1.29 is 105 Å². The van der Waals surface area contributed by atoms with Gasteiger partial charge < -0.3 is 76.2 Å². The third kappa shape index (κ3) is 42.7. The number of hydrogen-bond donors (Lipinski definition) is 1. The Hall–Kier alpha value is -7.50. The second kappa shape index (κ2) is 54.1. The second-order valence-corrected chi connectivity index (χ2v) is 25.9. The number of nitrogens with zero attached hydrogens (tertiary/aromatic N) is 2. The zero-order chi connectivity index (χ0) is 76.3. The van der Waals surface area contributed by atoms with Crippen molar-refractivity contribution in [1.29, 1.82) is 0 Å². The molecule has 580 valence electrons. The van der Waals surface area contributed by atoms with Crippen molar-refractivity contribution in [3.63, 3.8) is 0 Å². The van der Waals surface area contributed by atoms with Gasteiger partial charge in [-0.1, -0.05) is 71.7 Å². The van der Waals surface area contributed by atoms with Crippen LogP contribution in [0, 0.1) is 13.8 Å². The van der Waals surface area contributed by atoms with E-state index >= 15 is 0 Å². The van der Waals surface area contributed by atoms with Crippen LogP contribution in [0.3, 0.4) is 0 Å². The van der Waals surface area contributed by atoms with E-state index in [0.29, 0.717) is 248 Å². The third-order valence-corrected chi connectivity index (χ3v) is 15.7. The van der Waals surface area contributed by atoms with Crippen LogP contribution in [-0.4, -0.2) is 214 Å². The molecule has 106 heavy (non-hydrogen) atoms. The molecule has 0 bridgehead atoms. The van der Waals surface area contributed by atoms with Gasteiger partial charge in [-0.3, -0.25) is 38.7 Å². The predicted molar refractivity (Wildman–Crippen MR) is 398 cm³/mol. The van der Waals surface area contributed by atoms with Crippen LogP contribution in [0.5, 0.6) is 23.0 Å². The van der Waals surface area contributed by atoms with Gasteiger partial charge in [-0.25, -0.2) is 0 Å². The van der Waals surface area contributed by atoms with Gasteiger partial charge in [0, 0.05) is 86.3 Å². The summed E-state index contributed by atoms with van der Waals surface area (Å²) in [6, 6.07) is 32.6. The first-order chi connectivity index (χ1) is 51.3. The molecule has 26 heteroatoms. The van der Waals surface area contributed by atoms with Crippen LogP contribution in [0.1, 0.15) is 114 Å². The van der Waals surface area contributed by atoms with Gasteiger partial charge in [-0.05, 0) is 129 Å². The molecule has 2 aromatic heterocycles. The molecule has 0 atom stereocenters. The van der Waals surface area contributed by atoms with Crippen molar-refractivity contribution in [1.82, 2.24) is 9.97 Å². The number of hydrogen-bond acceptors (Lipinski definition) is 23. The molecule has 6 rings (SSSR count). The Morgan fingerprint density at radius 3 is 0.953 bits per heavy atom. The number of rotatable bonds is 58. The zero-order valence-electron chi connectivity index (χ0n) is 61.8. The van der Waals surface area contributed by atoms with Gasteiger partial charge in [0.15, 0.2) is 11.6 Å². The Morgan fingerprint density at radius 2 is 0.642 bits per heavy atom. The molecule has 6 aromatic rings. The van der Waals surface area contributed by atoms with Crippen LogP contribution in [0.2, 0.25) is 10.0 Å². The minimum atomic E-state index is -0.885. The second-order valence-electron chi connectivity index (χ2n) is 25.1. The van der Waals surface area contributed by atoms with E-state index in [1.165, 1.54) is 0 Å². The molecule has 0 amide bonds. The lowest BCUT2D eigenvalue weighted by Gasteiger charge is -2.19. The van der Waals surface area contributed by atoms with E-state index in [9.17, 15) is 28.8 Å². The monoisotopic (exact) mass is 1510 g/mol. The summed E-state index contributed by atoms with van der Waals surface area (Å²) in [7, 11) is 0. The third-order valence-electron chi connectivity index (χ3n) is 14.8. The number of ketones is 4. The Kier molecular flexibility index (Phi) is 45.5. The minimum absolute atomic E-state index is 0.0154. The van der Waals surface area contributed by atoms with Crippen molar-refractivity contribution >= 4 is 58.3 Å². The van der Waals surface area contributed by atoms with E-state index in [1.54, 1.807) is 60.9 Å². The molecule has 0 fully saturated rings. The first-order valence-corrected chi connectivity index (χ1v) is 36.5. The average molecular weight is 1520 g/mol. The number of aryl methyl sites for hydroxylation is 2. The topological polar surface area (TPSA) is 287 Å². The van der Waals surface area contributed by atoms with Crippen LogP contribution in [0.25, 0.3) is 0 Å². The highest BCUT2D eigenvalue weighted by Gasteiger charge is 2.17. The summed E-state index contributed by atoms with van der Waals surface area (Å²) in [5.41, 5.74) is 5.74. The normalized spacial score (nSPS) is 11.3. The molecule has 2 heterocycles. The van der Waals surface area contributed by atoms with Gasteiger partial charge in [0.1, 0.15) is 51.6 Å². The van der Waals surface area contributed by atoms with E-state index in [0.717, 1.165) is 33.4 Å². The molecule has 1 N–H and O–H groups in total. The number of pyridine rings is 2. The highest BCUT2D eigenvalue weighted by Crippen LogP contribution is 2.26. The van der Waals surface area contributed by atoms with Crippen LogP contribution < -0.4 is 9.47 Å². The Labute approximate surface area is 632 Å². The SMILES string of the molecule is Cc1cc(CC(=O)Cc2ccc(Oc3ccnc(C(=O)CCCOCCOCCOCCOCCOCCOCCC(=O)O)c3)cc2)ccc1Cl.Cc1cc(CC(=O)Cc2ccc(Oc3ccnc(C(=O)CCCOCCOCCOCCOCCOCCOCCC(=O)OC(C)(C)C)c3)cc2)ccc1Cl. The molecule has 0 saturated heterocycles. The number of carbonyl (C=O) groups excluding carboxylic acids is 5. The van der Waals surface area contributed by atoms with Crippen molar-refractivity contribution in [2.24, 2.45) is 0 Å². The summed E-state index contributed by atoms with van der Waals surface area (Å²) in [4.78, 5) is 81.0. The first-order valence-electron chi connectivity index (χ1n) is 35.7. The summed E-state index contributed by atoms with van der Waals surface area (Å²) in [5, 5.41) is 9.89. The molecule has 0 aliphatic rings. The number of aromatic nitrogens is 2. The Morgan fingerprint density at radius 1 is 0.349 bits per heavy atom. The number of aliphatic carboxylic acids is 1. The molecule has 24 nitrogen and oxygen atoms in total. The van der Waals surface area contributed by atoms with Gasteiger partial charge >= 0.3 is 11.9 Å². The molecular formula is C80H104Cl2N2O22. The van der Waals surface area contributed by atoms with E-state index in [4.69, 9.17) is 99.4 Å². The van der Waals surface area contributed by atoms with Crippen molar-refractivity contribution in [3.8, 4) is 23.0 Å². The van der Waals surface area contributed by atoms with Crippen molar-refractivity contribution in [3.05, 3.63) is 176 Å². The van der Waals surface area contributed by atoms with Crippen molar-refractivity contribution in [2.45, 2.75) is 104 Å². The maximum Gasteiger partial charge on any atom is 0.308 e. The number of ether oxygens (including phenoxy) is 15. The van der Waals surface area contributed by atoms with E-state index in [1.807, 2.05) is 95.3 Å². The van der Waals surface area contributed by atoms with E-state index in [2.05, 4.69) is 9.97 Å². The fourth-order valence-electron chi connectivity index (χ4n) is 9.58. The number of halogens is 2. The number of carboxylic acid groups (broad SMARTS) is 1. The standard InChI is InChI=1S/C42H56ClNO11.C38H48ClNO11/c1-32-28-34(9-12-38(32)43)30-35(45)29-33-7-10-36(11-8-33)54-37-13-15-44-39(31-37)40(46)6-5-16-48-18-20-50-22-24-52-26-27-53-25-23-51-21-19-49-17-14-41(47)55-42(2,3)4;1-29-25-31(6-9-35(29)39)27-32(41)26-30-4-7-33(8-5-30)51-34-10-12-40-36(28-34)37(42)3-2-13-45-15-17-47-19-21-49-23-24-50-22-20-48-18-16-46-14-11-38(43)44/h7-13,15,28,31H,5-6,14,16-27,29-30H2,1-4H3;4-10,12,25,28H,2-3,11,13-24,26-27H2,1H3,(H,43,44). The molecule has 0 radical (unpaired) electrons.